The van der Waals surface area contributed by atoms with Crippen molar-refractivity contribution in [1.82, 2.24) is 25.1 Å². The third-order valence-corrected chi connectivity index (χ3v) is 6.43. The van der Waals surface area contributed by atoms with Crippen LogP contribution >= 0.6 is 0 Å². The summed E-state index contributed by atoms with van der Waals surface area (Å²) in [6.07, 6.45) is 3.01. The van der Waals surface area contributed by atoms with Gasteiger partial charge in [-0.15, -0.1) is 0 Å². The van der Waals surface area contributed by atoms with E-state index in [-0.39, 0.29) is 24.6 Å². The van der Waals surface area contributed by atoms with Gasteiger partial charge >= 0.3 is 6.03 Å². The minimum Gasteiger partial charge on any atom is -0.394 e. The van der Waals surface area contributed by atoms with E-state index < -0.39 is 11.6 Å². The van der Waals surface area contributed by atoms with Gasteiger partial charge in [0.05, 0.1) is 30.4 Å². The summed E-state index contributed by atoms with van der Waals surface area (Å²) in [5, 5.41) is 16.0. The molecule has 2 aliphatic rings. The van der Waals surface area contributed by atoms with Gasteiger partial charge < -0.3 is 25.5 Å². The van der Waals surface area contributed by atoms with Gasteiger partial charge in [-0.25, -0.2) is 14.8 Å². The summed E-state index contributed by atoms with van der Waals surface area (Å²) in [7, 11) is 1.81. The van der Waals surface area contributed by atoms with Gasteiger partial charge in [0, 0.05) is 37.8 Å². The van der Waals surface area contributed by atoms with E-state index in [9.17, 15) is 14.7 Å². The lowest BCUT2D eigenvalue weighted by Crippen LogP contribution is -2.47. The van der Waals surface area contributed by atoms with Crippen LogP contribution in [0.25, 0.3) is 0 Å². The second-order valence-corrected chi connectivity index (χ2v) is 8.94. The summed E-state index contributed by atoms with van der Waals surface area (Å²) in [6.45, 7) is 4.77. The van der Waals surface area contributed by atoms with Crippen LogP contribution < -0.4 is 10.6 Å². The summed E-state index contributed by atoms with van der Waals surface area (Å²) < 4.78 is 0. The molecular weight excluding hydrogens is 408 g/mol. The van der Waals surface area contributed by atoms with Crippen LogP contribution in [0.3, 0.4) is 0 Å². The quantitative estimate of drug-likeness (QED) is 0.659. The molecule has 9 nitrogen and oxygen atoms in total. The van der Waals surface area contributed by atoms with E-state index in [0.29, 0.717) is 25.5 Å². The Bertz CT molecular complexity index is 996. The number of anilines is 1. The van der Waals surface area contributed by atoms with Crippen LogP contribution in [-0.4, -0.2) is 63.1 Å². The number of piperidine rings is 1. The van der Waals surface area contributed by atoms with Crippen molar-refractivity contribution in [3.63, 3.8) is 0 Å². The Morgan fingerprint density at radius 2 is 2.06 bits per heavy atom. The van der Waals surface area contributed by atoms with Gasteiger partial charge in [-0.05, 0) is 25.8 Å². The number of urea groups is 1. The highest BCUT2D eigenvalue weighted by Gasteiger charge is 2.42. The smallest absolute Gasteiger partial charge is 0.319 e. The second-order valence-electron chi connectivity index (χ2n) is 8.94. The van der Waals surface area contributed by atoms with E-state index >= 15 is 0 Å². The number of aliphatic hydroxyl groups excluding tert-OH is 1. The molecule has 1 aromatic carbocycles. The maximum absolute atomic E-state index is 13.1. The van der Waals surface area contributed by atoms with Crippen molar-refractivity contribution in [3.05, 3.63) is 53.3 Å². The highest BCUT2D eigenvalue weighted by molar-refractivity contribution is 5.78. The highest BCUT2D eigenvalue weighted by atomic mass is 16.3. The average molecular weight is 439 g/mol. The molecule has 0 spiro atoms. The summed E-state index contributed by atoms with van der Waals surface area (Å²) in [5.74, 6) is 0.581. The highest BCUT2D eigenvalue weighted by Crippen LogP contribution is 2.38. The summed E-state index contributed by atoms with van der Waals surface area (Å²) in [4.78, 5) is 37.7. The average Bonchev–Trinajstić information content (AvgIpc) is 3.05. The maximum Gasteiger partial charge on any atom is 0.319 e. The van der Waals surface area contributed by atoms with Crippen LogP contribution in [0.5, 0.6) is 0 Å². The first-order chi connectivity index (χ1) is 15.3. The van der Waals surface area contributed by atoms with Gasteiger partial charge in [0.15, 0.2) is 0 Å². The van der Waals surface area contributed by atoms with Crippen LogP contribution in [0.15, 0.2) is 36.5 Å². The van der Waals surface area contributed by atoms with E-state index in [1.54, 1.807) is 16.0 Å². The number of nitrogens with one attached hydrogen (secondary N) is 2. The predicted molar refractivity (Wildman–Crippen MR) is 120 cm³/mol. The van der Waals surface area contributed by atoms with Crippen molar-refractivity contribution in [2.45, 2.75) is 50.9 Å². The molecule has 2 atom stereocenters. The van der Waals surface area contributed by atoms with E-state index in [1.165, 1.54) is 0 Å². The minimum atomic E-state index is -0.599. The molecule has 2 aromatic rings. The number of hydrogen-bond donors (Lipinski definition) is 3. The largest absolute Gasteiger partial charge is 0.394 e. The van der Waals surface area contributed by atoms with E-state index in [0.717, 1.165) is 23.2 Å². The molecular formula is C23H30N6O3. The monoisotopic (exact) mass is 438 g/mol. The van der Waals surface area contributed by atoms with Crippen LogP contribution in [0.4, 0.5) is 10.7 Å². The van der Waals surface area contributed by atoms with Gasteiger partial charge in [-0.1, -0.05) is 30.3 Å². The SMILES string of the molecule is CN1CCC(Nc2ncc3c(n2)CN(C(=O)N[C@H](CO)c2ccccc2)C3(C)C)CC1=O. The number of benzene rings is 1. The lowest BCUT2D eigenvalue weighted by atomic mass is 9.97. The number of carbonyl (C=O) groups excluding carboxylic acids is 2. The fraction of sp³-hybridized carbons (Fsp3) is 0.478. The Labute approximate surface area is 187 Å². The molecule has 0 aliphatic carbocycles. The lowest BCUT2D eigenvalue weighted by molar-refractivity contribution is -0.132. The molecule has 2 aliphatic heterocycles. The van der Waals surface area contributed by atoms with E-state index in [4.69, 9.17) is 0 Å². The van der Waals surface area contributed by atoms with Crippen molar-refractivity contribution in [2.75, 3.05) is 25.5 Å². The number of aliphatic hydroxyl groups is 1. The van der Waals surface area contributed by atoms with E-state index in [2.05, 4.69) is 20.6 Å². The molecule has 3 N–H and O–H groups in total. The second kappa shape index (κ2) is 8.74. The summed E-state index contributed by atoms with van der Waals surface area (Å²) in [5.41, 5.74) is 1.91. The summed E-state index contributed by atoms with van der Waals surface area (Å²) in [6, 6.07) is 8.64. The molecule has 170 valence electrons. The number of nitrogens with zero attached hydrogens (tertiary/aromatic N) is 4. The minimum absolute atomic E-state index is 0.00162. The standard InChI is InChI=1S/C23H30N6O3/c1-23(2)17-12-24-21(25-16-9-10-28(3)20(31)11-16)26-18(17)13-29(23)22(32)27-19(14-30)15-7-5-4-6-8-15/h4-8,12,16,19,30H,9-11,13-14H2,1-3H3,(H,27,32)(H,24,25,26)/t16?,19-/m1/s1. The first-order valence-corrected chi connectivity index (χ1v) is 10.9. The molecule has 1 unspecified atom stereocenters. The van der Waals surface area contributed by atoms with Gasteiger partial charge in [-0.3, -0.25) is 4.79 Å². The number of carbonyl (C=O) groups is 2. The zero-order valence-electron chi connectivity index (χ0n) is 18.7. The van der Waals surface area contributed by atoms with Gasteiger partial charge in [0.25, 0.3) is 0 Å². The molecule has 0 saturated carbocycles. The number of hydrogen-bond acceptors (Lipinski definition) is 6. The summed E-state index contributed by atoms with van der Waals surface area (Å²) >= 11 is 0. The number of amides is 3. The van der Waals surface area contributed by atoms with Crippen LogP contribution in [0.1, 0.15) is 49.6 Å². The lowest BCUT2D eigenvalue weighted by Gasteiger charge is -2.33. The zero-order chi connectivity index (χ0) is 22.9. The van der Waals surface area contributed by atoms with Crippen molar-refractivity contribution < 1.29 is 14.7 Å². The predicted octanol–water partition coefficient (Wildman–Crippen LogP) is 2.00. The number of fused-ring (bicyclic) bond motifs is 1. The zero-order valence-corrected chi connectivity index (χ0v) is 18.7. The first-order valence-electron chi connectivity index (χ1n) is 10.9. The maximum atomic E-state index is 13.1. The fourth-order valence-corrected chi connectivity index (χ4v) is 4.33. The number of rotatable bonds is 5. The first kappa shape index (κ1) is 22.0. The van der Waals surface area contributed by atoms with Crippen molar-refractivity contribution >= 4 is 17.9 Å². The molecule has 0 radical (unpaired) electrons. The Hall–Kier alpha value is -3.20. The van der Waals surface area contributed by atoms with Crippen molar-refractivity contribution in [3.8, 4) is 0 Å². The Morgan fingerprint density at radius 3 is 2.75 bits per heavy atom. The molecule has 1 saturated heterocycles. The van der Waals surface area contributed by atoms with Crippen LogP contribution in [0, 0.1) is 0 Å². The van der Waals surface area contributed by atoms with Gasteiger partial charge in [0.1, 0.15) is 0 Å². The molecule has 32 heavy (non-hydrogen) atoms. The molecule has 3 heterocycles. The fourth-order valence-electron chi connectivity index (χ4n) is 4.33. The number of likely N-dealkylation sites (tertiary alicyclic amines) is 1. The molecule has 3 amide bonds. The molecule has 9 heteroatoms. The Morgan fingerprint density at radius 1 is 1.31 bits per heavy atom. The van der Waals surface area contributed by atoms with Crippen molar-refractivity contribution in [1.29, 1.82) is 0 Å². The molecule has 1 fully saturated rings. The molecule has 4 rings (SSSR count). The van der Waals surface area contributed by atoms with Gasteiger partial charge in [0.2, 0.25) is 11.9 Å². The molecule has 1 aromatic heterocycles. The number of aromatic nitrogens is 2. The third kappa shape index (κ3) is 4.25. The Balaban J connectivity index is 1.47. The van der Waals surface area contributed by atoms with Crippen LogP contribution in [-0.2, 0) is 16.9 Å². The van der Waals surface area contributed by atoms with Crippen LogP contribution in [0.2, 0.25) is 0 Å². The normalized spacial score (nSPS) is 20.6. The molecule has 0 bridgehead atoms. The Kier molecular flexibility index (Phi) is 6.01. The van der Waals surface area contributed by atoms with Crippen molar-refractivity contribution in [2.24, 2.45) is 0 Å². The van der Waals surface area contributed by atoms with E-state index in [1.807, 2.05) is 51.2 Å². The third-order valence-electron chi connectivity index (χ3n) is 6.43. The van der Waals surface area contributed by atoms with Gasteiger partial charge in [-0.2, -0.15) is 0 Å². The topological polar surface area (TPSA) is 111 Å².